The maximum absolute atomic E-state index is 12.3. The second kappa shape index (κ2) is 5.95. The van der Waals surface area contributed by atoms with Crippen molar-refractivity contribution < 1.29 is 4.79 Å². The van der Waals surface area contributed by atoms with Crippen LogP contribution in [0.2, 0.25) is 0 Å². The number of carbonyl (C=O) groups is 1. The fourth-order valence-electron chi connectivity index (χ4n) is 2.12. The first-order valence-electron chi connectivity index (χ1n) is 6.74. The van der Waals surface area contributed by atoms with E-state index in [1.165, 1.54) is 0 Å². The molecule has 3 aromatic rings. The van der Waals surface area contributed by atoms with Gasteiger partial charge in [-0.15, -0.1) is 5.10 Å². The molecule has 0 bridgehead atoms. The third-order valence-electron chi connectivity index (χ3n) is 3.20. The van der Waals surface area contributed by atoms with Crippen molar-refractivity contribution in [2.24, 2.45) is 7.05 Å². The number of para-hydroxylation sites is 1. The zero-order chi connectivity index (χ0) is 15.5. The highest BCUT2D eigenvalue weighted by Crippen LogP contribution is 2.16. The second-order valence-electron chi connectivity index (χ2n) is 4.72. The molecule has 0 radical (unpaired) electrons. The minimum Gasteiger partial charge on any atom is -0.290 e. The van der Waals surface area contributed by atoms with Crippen molar-refractivity contribution in [2.75, 3.05) is 5.32 Å². The minimum atomic E-state index is -0.224. The van der Waals surface area contributed by atoms with Crippen molar-refractivity contribution in [2.45, 2.75) is 0 Å². The van der Waals surface area contributed by atoms with Gasteiger partial charge in [0.05, 0.1) is 5.69 Å². The Balaban J connectivity index is 2.00. The van der Waals surface area contributed by atoms with Crippen molar-refractivity contribution >= 4 is 24.1 Å². The van der Waals surface area contributed by atoms with Crippen LogP contribution >= 0.6 is 12.2 Å². The molecule has 0 aliphatic carbocycles. The van der Waals surface area contributed by atoms with Crippen LogP contribution < -0.4 is 5.32 Å². The molecule has 1 heterocycles. The molecule has 0 saturated heterocycles. The van der Waals surface area contributed by atoms with Gasteiger partial charge in [-0.25, -0.2) is 4.68 Å². The number of carbonyl (C=O) groups excluding carboxylic acids is 1. The first-order chi connectivity index (χ1) is 10.7. The quantitative estimate of drug-likeness (QED) is 0.756. The number of hydrogen-bond donors (Lipinski definition) is 1. The summed E-state index contributed by atoms with van der Waals surface area (Å²) in [5.41, 5.74) is 1.42. The maximum Gasteiger partial charge on any atom is 0.258 e. The summed E-state index contributed by atoms with van der Waals surface area (Å²) in [6, 6.07) is 18.6. The molecule has 0 fully saturated rings. The van der Waals surface area contributed by atoms with Gasteiger partial charge in [0, 0.05) is 12.6 Å². The fraction of sp³-hybridized carbons (Fsp3) is 0.0625. The zero-order valence-electron chi connectivity index (χ0n) is 11.9. The number of amides is 1. The Hall–Kier alpha value is -2.73. The first-order valence-corrected chi connectivity index (χ1v) is 7.15. The Morgan fingerprint density at radius 1 is 1.05 bits per heavy atom. The van der Waals surface area contributed by atoms with E-state index in [-0.39, 0.29) is 5.91 Å². The number of aryl methyl sites for hydroxylation is 1. The molecule has 6 heteroatoms. The lowest BCUT2D eigenvalue weighted by Gasteiger charge is -2.07. The first kappa shape index (κ1) is 14.2. The van der Waals surface area contributed by atoms with Crippen LogP contribution in [0.3, 0.4) is 0 Å². The normalized spacial score (nSPS) is 10.4. The summed E-state index contributed by atoms with van der Waals surface area (Å²) < 4.78 is 3.80. The lowest BCUT2D eigenvalue weighted by atomic mass is 10.2. The van der Waals surface area contributed by atoms with Crippen LogP contribution in [0.4, 0.5) is 5.95 Å². The standard InChI is InChI=1S/C16H14N4OS/c1-19-16(22)20(13-10-6-3-7-11-13)15(18-19)17-14(21)12-8-4-2-5-9-12/h2-11H,1H3,(H,17,18,21). The summed E-state index contributed by atoms with van der Waals surface area (Å²) in [6.07, 6.45) is 0. The van der Waals surface area contributed by atoms with Crippen molar-refractivity contribution in [1.82, 2.24) is 14.3 Å². The van der Waals surface area contributed by atoms with Gasteiger partial charge in [-0.1, -0.05) is 36.4 Å². The third kappa shape index (κ3) is 2.68. The summed E-state index contributed by atoms with van der Waals surface area (Å²) in [5, 5.41) is 7.11. The van der Waals surface area contributed by atoms with E-state index in [4.69, 9.17) is 12.2 Å². The highest BCUT2D eigenvalue weighted by atomic mass is 32.1. The Bertz CT molecular complexity index is 853. The molecule has 0 unspecified atom stereocenters. The minimum absolute atomic E-state index is 0.224. The topological polar surface area (TPSA) is 51.9 Å². The molecule has 1 aromatic heterocycles. The molecule has 0 aliphatic heterocycles. The molecule has 110 valence electrons. The molecule has 22 heavy (non-hydrogen) atoms. The van der Waals surface area contributed by atoms with Crippen molar-refractivity contribution in [3.8, 4) is 5.69 Å². The summed E-state index contributed by atoms with van der Waals surface area (Å²) in [4.78, 5) is 12.3. The Labute approximate surface area is 132 Å². The van der Waals surface area contributed by atoms with E-state index in [9.17, 15) is 4.79 Å². The third-order valence-corrected chi connectivity index (χ3v) is 3.65. The van der Waals surface area contributed by atoms with E-state index in [2.05, 4.69) is 10.4 Å². The average Bonchev–Trinajstić information content (AvgIpc) is 2.83. The molecule has 0 aliphatic rings. The van der Waals surface area contributed by atoms with E-state index < -0.39 is 0 Å². The largest absolute Gasteiger partial charge is 0.290 e. The smallest absolute Gasteiger partial charge is 0.258 e. The van der Waals surface area contributed by atoms with Crippen LogP contribution in [0.15, 0.2) is 60.7 Å². The molecule has 5 nitrogen and oxygen atoms in total. The van der Waals surface area contributed by atoms with Crippen molar-refractivity contribution in [3.63, 3.8) is 0 Å². The van der Waals surface area contributed by atoms with Gasteiger partial charge in [-0.3, -0.25) is 14.7 Å². The molecule has 0 atom stereocenters. The highest BCUT2D eigenvalue weighted by molar-refractivity contribution is 7.71. The summed E-state index contributed by atoms with van der Waals surface area (Å²) in [5.74, 6) is 0.172. The molecule has 1 amide bonds. The summed E-state index contributed by atoms with van der Waals surface area (Å²) in [7, 11) is 1.75. The van der Waals surface area contributed by atoms with Gasteiger partial charge in [0.15, 0.2) is 0 Å². The zero-order valence-corrected chi connectivity index (χ0v) is 12.7. The predicted octanol–water partition coefficient (Wildman–Crippen LogP) is 3.19. The molecule has 1 N–H and O–H groups in total. The Morgan fingerprint density at radius 2 is 1.64 bits per heavy atom. The van der Waals surface area contributed by atoms with E-state index in [0.717, 1.165) is 5.69 Å². The molecule has 0 saturated carbocycles. The fourth-order valence-corrected chi connectivity index (χ4v) is 2.35. The van der Waals surface area contributed by atoms with Crippen molar-refractivity contribution in [1.29, 1.82) is 0 Å². The molecule has 3 rings (SSSR count). The predicted molar refractivity (Wildman–Crippen MR) is 87.8 cm³/mol. The van der Waals surface area contributed by atoms with Crippen LogP contribution in [-0.2, 0) is 7.05 Å². The van der Waals surface area contributed by atoms with Crippen LogP contribution in [0.1, 0.15) is 10.4 Å². The summed E-state index contributed by atoms with van der Waals surface area (Å²) in [6.45, 7) is 0. The van der Waals surface area contributed by atoms with E-state index in [1.54, 1.807) is 28.4 Å². The van der Waals surface area contributed by atoms with Gasteiger partial charge in [0.25, 0.3) is 5.91 Å². The Kier molecular flexibility index (Phi) is 3.84. The number of aromatic nitrogens is 3. The van der Waals surface area contributed by atoms with Gasteiger partial charge in [-0.2, -0.15) is 0 Å². The molecule has 0 spiro atoms. The highest BCUT2D eigenvalue weighted by Gasteiger charge is 2.14. The number of nitrogens with zero attached hydrogens (tertiary/aromatic N) is 3. The van der Waals surface area contributed by atoms with Crippen molar-refractivity contribution in [3.05, 3.63) is 71.0 Å². The van der Waals surface area contributed by atoms with Gasteiger partial charge >= 0.3 is 0 Å². The number of rotatable bonds is 3. The number of benzene rings is 2. The van der Waals surface area contributed by atoms with Gasteiger partial charge in [0.1, 0.15) is 0 Å². The van der Waals surface area contributed by atoms with Gasteiger partial charge in [0.2, 0.25) is 10.7 Å². The SMILES string of the molecule is Cn1nc(NC(=O)c2ccccc2)n(-c2ccccc2)c1=S. The maximum atomic E-state index is 12.3. The lowest BCUT2D eigenvalue weighted by molar-refractivity contribution is 0.102. The van der Waals surface area contributed by atoms with E-state index >= 15 is 0 Å². The monoisotopic (exact) mass is 310 g/mol. The number of anilines is 1. The van der Waals surface area contributed by atoms with E-state index in [1.807, 2.05) is 48.5 Å². The number of hydrogen-bond acceptors (Lipinski definition) is 3. The molecule has 2 aromatic carbocycles. The molecular formula is C16H14N4OS. The molecular weight excluding hydrogens is 296 g/mol. The summed E-state index contributed by atoms with van der Waals surface area (Å²) >= 11 is 5.38. The van der Waals surface area contributed by atoms with Gasteiger partial charge in [-0.05, 0) is 36.5 Å². The van der Waals surface area contributed by atoms with Crippen LogP contribution in [0.25, 0.3) is 5.69 Å². The van der Waals surface area contributed by atoms with E-state index in [0.29, 0.717) is 16.3 Å². The second-order valence-corrected chi connectivity index (χ2v) is 5.09. The lowest BCUT2D eigenvalue weighted by Crippen LogP contribution is -2.15. The van der Waals surface area contributed by atoms with Crippen LogP contribution in [0.5, 0.6) is 0 Å². The van der Waals surface area contributed by atoms with Crippen LogP contribution in [0, 0.1) is 4.77 Å². The number of nitrogens with one attached hydrogen (secondary N) is 1. The average molecular weight is 310 g/mol. The Morgan fingerprint density at radius 3 is 2.27 bits per heavy atom. The van der Waals surface area contributed by atoms with Gasteiger partial charge < -0.3 is 0 Å². The van der Waals surface area contributed by atoms with Crippen LogP contribution in [-0.4, -0.2) is 20.3 Å².